The molecule has 1 heterocycles. The number of hydrogen-bond donors (Lipinski definition) is 2. The van der Waals surface area contributed by atoms with Crippen LogP contribution < -0.4 is 5.32 Å². The average Bonchev–Trinajstić information content (AvgIpc) is 2.18. The van der Waals surface area contributed by atoms with Crippen molar-refractivity contribution in [2.45, 2.75) is 13.3 Å². The van der Waals surface area contributed by atoms with E-state index < -0.39 is 0 Å². The minimum Gasteiger partial charge on any atom is -0.396 e. The first-order valence-corrected chi connectivity index (χ1v) is 4.56. The van der Waals surface area contributed by atoms with Crippen LogP contribution in [0.1, 0.15) is 22.5 Å². The highest BCUT2D eigenvalue weighted by molar-refractivity contribution is 5.93. The zero-order chi connectivity index (χ0) is 10.4. The SMILES string of the molecule is Cc1cccnc1C(=O)NCCCO. The second-order valence-corrected chi connectivity index (χ2v) is 3.00. The number of pyridine rings is 1. The first-order valence-electron chi connectivity index (χ1n) is 4.56. The number of carbonyl (C=O) groups is 1. The minimum absolute atomic E-state index is 0.0848. The van der Waals surface area contributed by atoms with Gasteiger partial charge in [-0.3, -0.25) is 9.78 Å². The van der Waals surface area contributed by atoms with Gasteiger partial charge in [0.15, 0.2) is 0 Å². The maximum atomic E-state index is 11.5. The van der Waals surface area contributed by atoms with Crippen LogP contribution in [0.15, 0.2) is 18.3 Å². The Morgan fingerprint density at radius 3 is 3.07 bits per heavy atom. The highest BCUT2D eigenvalue weighted by Gasteiger charge is 2.08. The summed E-state index contributed by atoms with van der Waals surface area (Å²) in [6.07, 6.45) is 2.16. The Labute approximate surface area is 83.0 Å². The normalized spacial score (nSPS) is 9.86. The molecule has 0 aliphatic rings. The summed E-state index contributed by atoms with van der Waals surface area (Å²) < 4.78 is 0. The monoisotopic (exact) mass is 194 g/mol. The lowest BCUT2D eigenvalue weighted by Crippen LogP contribution is -2.26. The Balaban J connectivity index is 2.56. The van der Waals surface area contributed by atoms with Gasteiger partial charge in [-0.1, -0.05) is 6.07 Å². The summed E-state index contributed by atoms with van der Waals surface area (Å²) in [6.45, 7) is 2.40. The van der Waals surface area contributed by atoms with E-state index in [1.54, 1.807) is 12.3 Å². The summed E-state index contributed by atoms with van der Waals surface area (Å²) in [5.74, 6) is -0.184. The molecule has 1 aromatic rings. The van der Waals surface area contributed by atoms with Gasteiger partial charge >= 0.3 is 0 Å². The molecule has 0 saturated heterocycles. The second kappa shape index (κ2) is 5.34. The lowest BCUT2D eigenvalue weighted by molar-refractivity contribution is 0.0945. The quantitative estimate of drug-likeness (QED) is 0.686. The van der Waals surface area contributed by atoms with E-state index in [9.17, 15) is 4.79 Å². The van der Waals surface area contributed by atoms with E-state index >= 15 is 0 Å². The molecule has 76 valence electrons. The van der Waals surface area contributed by atoms with Gasteiger partial charge in [-0.05, 0) is 25.0 Å². The largest absolute Gasteiger partial charge is 0.396 e. The zero-order valence-electron chi connectivity index (χ0n) is 8.16. The van der Waals surface area contributed by atoms with E-state index in [1.165, 1.54) is 0 Å². The van der Waals surface area contributed by atoms with Gasteiger partial charge in [-0.25, -0.2) is 0 Å². The molecule has 1 rings (SSSR count). The zero-order valence-corrected chi connectivity index (χ0v) is 8.16. The summed E-state index contributed by atoms with van der Waals surface area (Å²) in [7, 11) is 0. The molecule has 1 amide bonds. The van der Waals surface area contributed by atoms with Crippen molar-refractivity contribution < 1.29 is 9.90 Å². The van der Waals surface area contributed by atoms with Crippen LogP contribution in [0.2, 0.25) is 0 Å². The smallest absolute Gasteiger partial charge is 0.270 e. The summed E-state index contributed by atoms with van der Waals surface area (Å²) in [5, 5.41) is 11.2. The number of carbonyl (C=O) groups excluding carboxylic acids is 1. The van der Waals surface area contributed by atoms with E-state index in [0.717, 1.165) is 5.56 Å². The third-order valence-corrected chi connectivity index (χ3v) is 1.84. The predicted octanol–water partition coefficient (Wildman–Crippen LogP) is 0.502. The van der Waals surface area contributed by atoms with E-state index in [4.69, 9.17) is 5.11 Å². The number of aromatic nitrogens is 1. The molecule has 1 aromatic heterocycles. The van der Waals surface area contributed by atoms with Gasteiger partial charge < -0.3 is 10.4 Å². The van der Waals surface area contributed by atoms with Crippen molar-refractivity contribution in [2.75, 3.05) is 13.2 Å². The van der Waals surface area contributed by atoms with Crippen molar-refractivity contribution in [2.24, 2.45) is 0 Å². The predicted molar refractivity (Wildman–Crippen MR) is 53.0 cm³/mol. The summed E-state index contributed by atoms with van der Waals surface area (Å²) in [5.41, 5.74) is 1.31. The molecule has 4 nitrogen and oxygen atoms in total. The highest BCUT2D eigenvalue weighted by atomic mass is 16.3. The molecule has 0 fully saturated rings. The molecule has 4 heteroatoms. The van der Waals surface area contributed by atoms with Crippen LogP contribution in [0.4, 0.5) is 0 Å². The number of nitrogens with one attached hydrogen (secondary N) is 1. The molecule has 14 heavy (non-hydrogen) atoms. The van der Waals surface area contributed by atoms with Crippen LogP contribution in [-0.4, -0.2) is 29.1 Å². The third-order valence-electron chi connectivity index (χ3n) is 1.84. The second-order valence-electron chi connectivity index (χ2n) is 3.00. The van der Waals surface area contributed by atoms with Gasteiger partial charge in [0.2, 0.25) is 0 Å². The van der Waals surface area contributed by atoms with Crippen molar-refractivity contribution in [1.82, 2.24) is 10.3 Å². The topological polar surface area (TPSA) is 62.2 Å². The molecule has 0 aliphatic carbocycles. The molecule has 0 aliphatic heterocycles. The Hall–Kier alpha value is -1.42. The Morgan fingerprint density at radius 1 is 1.64 bits per heavy atom. The molecule has 0 aromatic carbocycles. The van der Waals surface area contributed by atoms with E-state index in [-0.39, 0.29) is 12.5 Å². The summed E-state index contributed by atoms with van der Waals surface area (Å²) in [6, 6.07) is 3.63. The van der Waals surface area contributed by atoms with Crippen LogP contribution in [-0.2, 0) is 0 Å². The van der Waals surface area contributed by atoms with E-state index in [2.05, 4.69) is 10.3 Å². The van der Waals surface area contributed by atoms with Gasteiger partial charge in [0, 0.05) is 19.3 Å². The lowest BCUT2D eigenvalue weighted by Gasteiger charge is -2.04. The minimum atomic E-state index is -0.184. The fraction of sp³-hybridized carbons (Fsp3) is 0.400. The first kappa shape index (κ1) is 10.7. The molecular formula is C10H14N2O2. The number of aliphatic hydroxyl groups excluding tert-OH is 1. The molecule has 0 radical (unpaired) electrons. The maximum absolute atomic E-state index is 11.5. The Bertz CT molecular complexity index is 313. The van der Waals surface area contributed by atoms with Crippen molar-refractivity contribution >= 4 is 5.91 Å². The summed E-state index contributed by atoms with van der Waals surface area (Å²) >= 11 is 0. The molecule has 0 spiro atoms. The first-order chi connectivity index (χ1) is 6.75. The molecule has 2 N–H and O–H groups in total. The fourth-order valence-electron chi connectivity index (χ4n) is 1.09. The Kier molecular flexibility index (Phi) is 4.07. The van der Waals surface area contributed by atoms with Gasteiger partial charge in [0.25, 0.3) is 5.91 Å². The number of rotatable bonds is 4. The molecule has 0 atom stereocenters. The maximum Gasteiger partial charge on any atom is 0.270 e. The van der Waals surface area contributed by atoms with Gasteiger partial charge in [-0.2, -0.15) is 0 Å². The van der Waals surface area contributed by atoms with Crippen molar-refractivity contribution in [3.63, 3.8) is 0 Å². The van der Waals surface area contributed by atoms with Crippen LogP contribution >= 0.6 is 0 Å². The standard InChI is InChI=1S/C10H14N2O2/c1-8-4-2-5-11-9(8)10(14)12-6-3-7-13/h2,4-5,13H,3,6-7H2,1H3,(H,12,14). The van der Waals surface area contributed by atoms with Crippen LogP contribution in [0.5, 0.6) is 0 Å². The Morgan fingerprint density at radius 2 is 2.43 bits per heavy atom. The molecule has 0 bridgehead atoms. The van der Waals surface area contributed by atoms with Crippen LogP contribution in [0.3, 0.4) is 0 Å². The molecule has 0 saturated carbocycles. The summed E-state index contributed by atoms with van der Waals surface area (Å²) in [4.78, 5) is 15.5. The molecular weight excluding hydrogens is 180 g/mol. The van der Waals surface area contributed by atoms with E-state index in [0.29, 0.717) is 18.7 Å². The van der Waals surface area contributed by atoms with Crippen molar-refractivity contribution in [3.8, 4) is 0 Å². The van der Waals surface area contributed by atoms with Crippen LogP contribution in [0, 0.1) is 6.92 Å². The van der Waals surface area contributed by atoms with Gasteiger partial charge in [0.05, 0.1) is 0 Å². The number of nitrogens with zero attached hydrogens (tertiary/aromatic N) is 1. The third kappa shape index (κ3) is 2.81. The average molecular weight is 194 g/mol. The number of amides is 1. The van der Waals surface area contributed by atoms with Crippen molar-refractivity contribution in [3.05, 3.63) is 29.6 Å². The number of hydrogen-bond acceptors (Lipinski definition) is 3. The van der Waals surface area contributed by atoms with Crippen LogP contribution in [0.25, 0.3) is 0 Å². The van der Waals surface area contributed by atoms with E-state index in [1.807, 2.05) is 13.0 Å². The number of aryl methyl sites for hydroxylation is 1. The van der Waals surface area contributed by atoms with Gasteiger partial charge in [-0.15, -0.1) is 0 Å². The lowest BCUT2D eigenvalue weighted by atomic mass is 10.2. The van der Waals surface area contributed by atoms with Gasteiger partial charge in [0.1, 0.15) is 5.69 Å². The highest BCUT2D eigenvalue weighted by Crippen LogP contribution is 2.02. The van der Waals surface area contributed by atoms with Crippen molar-refractivity contribution in [1.29, 1.82) is 0 Å². The fourth-order valence-corrected chi connectivity index (χ4v) is 1.09. The molecule has 0 unspecified atom stereocenters. The number of aliphatic hydroxyl groups is 1.